The molecule has 2 aromatic carbocycles. The van der Waals surface area contributed by atoms with Crippen LogP contribution in [0.15, 0.2) is 48.5 Å². The molecule has 24 heavy (non-hydrogen) atoms. The van der Waals surface area contributed by atoms with Crippen LogP contribution in [0, 0.1) is 5.82 Å². The SMILES string of the molecule is COc1cc(F)c(/C=C/C(=O)NCCc2ccccc2)cc1OC. The number of halogens is 1. The Hall–Kier alpha value is -2.82. The number of benzene rings is 2. The average Bonchev–Trinajstić information content (AvgIpc) is 2.61. The fraction of sp³-hybridized carbons (Fsp3) is 0.211. The van der Waals surface area contributed by atoms with Crippen LogP contribution in [0.1, 0.15) is 11.1 Å². The highest BCUT2D eigenvalue weighted by Gasteiger charge is 2.09. The Balaban J connectivity index is 1.93. The van der Waals surface area contributed by atoms with Crippen LogP contribution >= 0.6 is 0 Å². The molecular weight excluding hydrogens is 309 g/mol. The number of hydrogen-bond acceptors (Lipinski definition) is 3. The Bertz CT molecular complexity index is 714. The van der Waals surface area contributed by atoms with Gasteiger partial charge in [-0.05, 0) is 24.1 Å². The number of carbonyl (C=O) groups excluding carboxylic acids is 1. The van der Waals surface area contributed by atoms with Gasteiger partial charge in [-0.25, -0.2) is 4.39 Å². The Morgan fingerprint density at radius 3 is 2.46 bits per heavy atom. The summed E-state index contributed by atoms with van der Waals surface area (Å²) in [5.74, 6) is -0.0522. The molecule has 2 aromatic rings. The average molecular weight is 329 g/mol. The molecule has 0 aliphatic heterocycles. The van der Waals surface area contributed by atoms with Crippen molar-refractivity contribution in [1.82, 2.24) is 5.32 Å². The highest BCUT2D eigenvalue weighted by molar-refractivity contribution is 5.91. The van der Waals surface area contributed by atoms with E-state index in [9.17, 15) is 9.18 Å². The van der Waals surface area contributed by atoms with E-state index in [1.165, 1.54) is 38.5 Å². The van der Waals surface area contributed by atoms with Crippen LogP contribution in [-0.4, -0.2) is 26.7 Å². The maximum atomic E-state index is 14.0. The molecule has 0 unspecified atom stereocenters. The van der Waals surface area contributed by atoms with E-state index >= 15 is 0 Å². The van der Waals surface area contributed by atoms with E-state index in [2.05, 4.69) is 5.32 Å². The van der Waals surface area contributed by atoms with Crippen molar-refractivity contribution in [3.63, 3.8) is 0 Å². The van der Waals surface area contributed by atoms with E-state index in [1.54, 1.807) is 0 Å². The molecule has 0 spiro atoms. The summed E-state index contributed by atoms with van der Waals surface area (Å²) < 4.78 is 24.1. The van der Waals surface area contributed by atoms with Gasteiger partial charge in [0.1, 0.15) is 5.82 Å². The van der Waals surface area contributed by atoms with E-state index in [4.69, 9.17) is 9.47 Å². The van der Waals surface area contributed by atoms with Gasteiger partial charge < -0.3 is 14.8 Å². The zero-order valence-corrected chi connectivity index (χ0v) is 13.7. The topological polar surface area (TPSA) is 47.6 Å². The number of carbonyl (C=O) groups is 1. The van der Waals surface area contributed by atoms with Crippen LogP contribution < -0.4 is 14.8 Å². The fourth-order valence-electron chi connectivity index (χ4n) is 2.20. The second kappa shape index (κ2) is 8.72. The molecule has 5 heteroatoms. The predicted octanol–water partition coefficient (Wildman–Crippen LogP) is 3.22. The number of amides is 1. The van der Waals surface area contributed by atoms with Gasteiger partial charge >= 0.3 is 0 Å². The first-order valence-electron chi connectivity index (χ1n) is 7.55. The molecule has 0 aliphatic carbocycles. The second-order valence-electron chi connectivity index (χ2n) is 5.09. The number of nitrogens with one attached hydrogen (secondary N) is 1. The molecule has 4 nitrogen and oxygen atoms in total. The number of rotatable bonds is 7. The van der Waals surface area contributed by atoms with Crippen molar-refractivity contribution in [3.8, 4) is 11.5 Å². The van der Waals surface area contributed by atoms with Crippen LogP contribution in [0.25, 0.3) is 6.08 Å². The van der Waals surface area contributed by atoms with E-state index in [0.717, 1.165) is 12.0 Å². The zero-order valence-electron chi connectivity index (χ0n) is 13.7. The van der Waals surface area contributed by atoms with Crippen molar-refractivity contribution in [1.29, 1.82) is 0 Å². The second-order valence-corrected chi connectivity index (χ2v) is 5.09. The molecule has 0 radical (unpaired) electrons. The molecule has 126 valence electrons. The standard InChI is InChI=1S/C19H20FNO3/c1-23-17-12-15(16(20)13-18(17)24-2)8-9-19(22)21-11-10-14-6-4-3-5-7-14/h3-9,12-13H,10-11H2,1-2H3,(H,21,22)/b9-8+. The molecule has 0 bridgehead atoms. The molecule has 0 fully saturated rings. The van der Waals surface area contributed by atoms with Gasteiger partial charge in [0.05, 0.1) is 14.2 Å². The fourth-order valence-corrected chi connectivity index (χ4v) is 2.20. The van der Waals surface area contributed by atoms with Gasteiger partial charge in [0, 0.05) is 24.3 Å². The highest BCUT2D eigenvalue weighted by atomic mass is 19.1. The van der Waals surface area contributed by atoms with Gasteiger partial charge in [-0.2, -0.15) is 0 Å². The first kappa shape index (κ1) is 17.5. The van der Waals surface area contributed by atoms with Crippen molar-refractivity contribution in [2.24, 2.45) is 0 Å². The maximum absolute atomic E-state index is 14.0. The highest BCUT2D eigenvalue weighted by Crippen LogP contribution is 2.30. The lowest BCUT2D eigenvalue weighted by atomic mass is 10.1. The van der Waals surface area contributed by atoms with Crippen molar-refractivity contribution in [2.45, 2.75) is 6.42 Å². The van der Waals surface area contributed by atoms with E-state index < -0.39 is 5.82 Å². The summed E-state index contributed by atoms with van der Waals surface area (Å²) in [6.07, 6.45) is 3.45. The summed E-state index contributed by atoms with van der Waals surface area (Å²) >= 11 is 0. The Labute approximate surface area is 140 Å². The summed E-state index contributed by atoms with van der Waals surface area (Å²) in [6.45, 7) is 0.515. The molecule has 1 N–H and O–H groups in total. The third-order valence-corrected chi connectivity index (χ3v) is 3.47. The lowest BCUT2D eigenvalue weighted by Crippen LogP contribution is -2.23. The van der Waals surface area contributed by atoms with Crippen LogP contribution in [0.4, 0.5) is 4.39 Å². The van der Waals surface area contributed by atoms with E-state index in [1.807, 2.05) is 30.3 Å². The lowest BCUT2D eigenvalue weighted by Gasteiger charge is -2.09. The molecule has 1 amide bonds. The van der Waals surface area contributed by atoms with Crippen molar-refractivity contribution in [3.05, 3.63) is 65.5 Å². The Morgan fingerprint density at radius 2 is 1.79 bits per heavy atom. The largest absolute Gasteiger partial charge is 0.493 e. The number of ether oxygens (including phenoxy) is 2. The zero-order chi connectivity index (χ0) is 17.4. The quantitative estimate of drug-likeness (QED) is 0.794. The minimum atomic E-state index is -0.485. The van der Waals surface area contributed by atoms with Crippen molar-refractivity contribution in [2.75, 3.05) is 20.8 Å². The summed E-state index contributed by atoms with van der Waals surface area (Å²) in [4.78, 5) is 11.8. The molecular formula is C19H20FNO3. The molecule has 0 saturated carbocycles. The smallest absolute Gasteiger partial charge is 0.244 e. The molecule has 0 aliphatic rings. The van der Waals surface area contributed by atoms with Crippen LogP contribution in [-0.2, 0) is 11.2 Å². The van der Waals surface area contributed by atoms with Gasteiger partial charge in [-0.15, -0.1) is 0 Å². The minimum absolute atomic E-state index is 0.255. The Kier molecular flexibility index (Phi) is 6.37. The van der Waals surface area contributed by atoms with Gasteiger partial charge in [0.25, 0.3) is 0 Å². The van der Waals surface area contributed by atoms with Gasteiger partial charge in [0.2, 0.25) is 5.91 Å². The molecule has 0 aromatic heterocycles. The van der Waals surface area contributed by atoms with Crippen LogP contribution in [0.5, 0.6) is 11.5 Å². The third-order valence-electron chi connectivity index (χ3n) is 3.47. The van der Waals surface area contributed by atoms with Crippen LogP contribution in [0.3, 0.4) is 0 Å². The van der Waals surface area contributed by atoms with Gasteiger partial charge in [0.15, 0.2) is 11.5 Å². The number of hydrogen-bond donors (Lipinski definition) is 1. The molecule has 0 heterocycles. The third kappa shape index (κ3) is 4.84. The predicted molar refractivity (Wildman–Crippen MR) is 91.7 cm³/mol. The summed E-state index contributed by atoms with van der Waals surface area (Å²) in [7, 11) is 2.91. The van der Waals surface area contributed by atoms with Crippen LogP contribution in [0.2, 0.25) is 0 Å². The Morgan fingerprint density at radius 1 is 1.12 bits per heavy atom. The van der Waals surface area contributed by atoms with Crippen molar-refractivity contribution >= 4 is 12.0 Å². The first-order chi connectivity index (χ1) is 11.6. The summed E-state index contributed by atoms with van der Waals surface area (Å²) in [6, 6.07) is 12.6. The minimum Gasteiger partial charge on any atom is -0.493 e. The first-order valence-corrected chi connectivity index (χ1v) is 7.55. The molecule has 0 atom stereocenters. The maximum Gasteiger partial charge on any atom is 0.244 e. The summed E-state index contributed by atoms with van der Waals surface area (Å²) in [5.41, 5.74) is 1.40. The molecule has 2 rings (SSSR count). The van der Waals surface area contributed by atoms with E-state index in [-0.39, 0.29) is 11.5 Å². The van der Waals surface area contributed by atoms with Gasteiger partial charge in [-0.3, -0.25) is 4.79 Å². The number of methoxy groups -OCH3 is 2. The van der Waals surface area contributed by atoms with Crippen molar-refractivity contribution < 1.29 is 18.7 Å². The molecule has 0 saturated heterocycles. The lowest BCUT2D eigenvalue weighted by molar-refractivity contribution is -0.116. The summed E-state index contributed by atoms with van der Waals surface area (Å²) in [5, 5.41) is 2.77. The normalized spacial score (nSPS) is 10.6. The monoisotopic (exact) mass is 329 g/mol. The van der Waals surface area contributed by atoms with E-state index in [0.29, 0.717) is 18.0 Å². The van der Waals surface area contributed by atoms with Gasteiger partial charge in [-0.1, -0.05) is 30.3 Å².